The third-order valence-electron chi connectivity index (χ3n) is 2.53. The minimum Gasteiger partial charge on any atom is -0.494 e. The number of hydrogen-bond acceptors (Lipinski definition) is 4. The average Bonchev–Trinajstić information content (AvgIpc) is 2.71. The first-order chi connectivity index (χ1) is 8.70. The molecule has 0 saturated carbocycles. The summed E-state index contributed by atoms with van der Waals surface area (Å²) in [6, 6.07) is 9.53. The van der Waals surface area contributed by atoms with Gasteiger partial charge in [0.25, 0.3) is 0 Å². The van der Waals surface area contributed by atoms with E-state index in [1.54, 1.807) is 24.3 Å². The van der Waals surface area contributed by atoms with E-state index in [2.05, 4.69) is 0 Å². The summed E-state index contributed by atoms with van der Waals surface area (Å²) in [7, 11) is 0. The van der Waals surface area contributed by atoms with Crippen LogP contribution in [0, 0.1) is 0 Å². The quantitative estimate of drug-likeness (QED) is 0.790. The topological polar surface area (TPSA) is 71.7 Å². The maximum absolute atomic E-state index is 10.5. The standard InChI is InChI=1S/C13H13NO4/c15-9-10-1-3-11(4-2-10)18-8-7-14-12(16)5-6-13(14)17/h1-6,9,16-17H,7-8H2. The van der Waals surface area contributed by atoms with Crippen LogP contribution in [0.1, 0.15) is 10.4 Å². The molecule has 0 aliphatic heterocycles. The molecule has 2 aromatic rings. The number of carbonyl (C=O) groups is 1. The van der Waals surface area contributed by atoms with Crippen molar-refractivity contribution < 1.29 is 19.7 Å². The molecule has 0 unspecified atom stereocenters. The van der Waals surface area contributed by atoms with Gasteiger partial charge in [0, 0.05) is 17.7 Å². The Labute approximate surface area is 104 Å². The normalized spacial score (nSPS) is 10.2. The number of aromatic nitrogens is 1. The molecular formula is C13H13NO4. The van der Waals surface area contributed by atoms with Gasteiger partial charge in [0.1, 0.15) is 18.6 Å². The Balaban J connectivity index is 1.90. The second kappa shape index (κ2) is 5.27. The Morgan fingerprint density at radius 2 is 1.67 bits per heavy atom. The minimum atomic E-state index is -0.00703. The van der Waals surface area contributed by atoms with Crippen LogP contribution >= 0.6 is 0 Å². The monoisotopic (exact) mass is 247 g/mol. The van der Waals surface area contributed by atoms with Crippen molar-refractivity contribution >= 4 is 6.29 Å². The molecule has 0 atom stereocenters. The van der Waals surface area contributed by atoms with Gasteiger partial charge in [-0.15, -0.1) is 0 Å². The van der Waals surface area contributed by atoms with Crippen LogP contribution in [0.4, 0.5) is 0 Å². The van der Waals surface area contributed by atoms with E-state index < -0.39 is 0 Å². The molecule has 18 heavy (non-hydrogen) atoms. The Hall–Kier alpha value is -2.43. The first kappa shape index (κ1) is 12.0. The number of aromatic hydroxyl groups is 2. The van der Waals surface area contributed by atoms with E-state index in [1.807, 2.05) is 0 Å². The number of carbonyl (C=O) groups excluding carboxylic acids is 1. The van der Waals surface area contributed by atoms with Crippen LogP contribution in [0.3, 0.4) is 0 Å². The zero-order valence-electron chi connectivity index (χ0n) is 9.61. The predicted octanol–water partition coefficient (Wildman–Crippen LogP) is 1.79. The van der Waals surface area contributed by atoms with Crippen molar-refractivity contribution in [2.45, 2.75) is 6.54 Å². The van der Waals surface area contributed by atoms with E-state index in [1.165, 1.54) is 16.7 Å². The second-order valence-electron chi connectivity index (χ2n) is 3.74. The van der Waals surface area contributed by atoms with E-state index in [-0.39, 0.29) is 11.8 Å². The largest absolute Gasteiger partial charge is 0.494 e. The van der Waals surface area contributed by atoms with E-state index in [4.69, 9.17) is 4.74 Å². The molecule has 94 valence electrons. The summed E-state index contributed by atoms with van der Waals surface area (Å²) in [4.78, 5) is 10.5. The molecule has 0 bridgehead atoms. The van der Waals surface area contributed by atoms with Gasteiger partial charge in [0.2, 0.25) is 0 Å². The summed E-state index contributed by atoms with van der Waals surface area (Å²) in [6.45, 7) is 0.635. The van der Waals surface area contributed by atoms with Gasteiger partial charge >= 0.3 is 0 Å². The number of rotatable bonds is 5. The summed E-state index contributed by atoms with van der Waals surface area (Å²) in [6.07, 6.45) is 0.764. The van der Waals surface area contributed by atoms with Crippen molar-refractivity contribution in [3.05, 3.63) is 42.0 Å². The number of benzene rings is 1. The van der Waals surface area contributed by atoms with Crippen LogP contribution in [0.15, 0.2) is 36.4 Å². The van der Waals surface area contributed by atoms with Crippen molar-refractivity contribution in [2.75, 3.05) is 6.61 Å². The second-order valence-corrected chi connectivity index (χ2v) is 3.74. The molecule has 0 saturated heterocycles. The molecule has 0 radical (unpaired) electrons. The van der Waals surface area contributed by atoms with E-state index in [0.717, 1.165) is 6.29 Å². The number of ether oxygens (including phenoxy) is 1. The summed E-state index contributed by atoms with van der Waals surface area (Å²) in [5.74, 6) is 0.617. The van der Waals surface area contributed by atoms with E-state index in [9.17, 15) is 15.0 Å². The molecule has 5 nitrogen and oxygen atoms in total. The summed E-state index contributed by atoms with van der Waals surface area (Å²) < 4.78 is 6.76. The molecule has 0 fully saturated rings. The maximum Gasteiger partial charge on any atom is 0.193 e. The fourth-order valence-corrected chi connectivity index (χ4v) is 1.57. The van der Waals surface area contributed by atoms with Gasteiger partial charge < -0.3 is 14.9 Å². The molecule has 5 heteroatoms. The van der Waals surface area contributed by atoms with Crippen molar-refractivity contribution in [1.82, 2.24) is 4.57 Å². The van der Waals surface area contributed by atoms with E-state index >= 15 is 0 Å². The van der Waals surface area contributed by atoms with Gasteiger partial charge in [-0.1, -0.05) is 0 Å². The van der Waals surface area contributed by atoms with Crippen LogP contribution in [0.5, 0.6) is 17.5 Å². The lowest BCUT2D eigenvalue weighted by Crippen LogP contribution is -2.07. The van der Waals surface area contributed by atoms with Gasteiger partial charge in [-0.05, 0) is 24.3 Å². The molecule has 0 aliphatic carbocycles. The zero-order valence-corrected chi connectivity index (χ0v) is 9.61. The smallest absolute Gasteiger partial charge is 0.193 e. The molecule has 0 aliphatic rings. The molecule has 1 aromatic carbocycles. The van der Waals surface area contributed by atoms with Gasteiger partial charge in [0.15, 0.2) is 11.8 Å². The van der Waals surface area contributed by atoms with Crippen molar-refractivity contribution in [2.24, 2.45) is 0 Å². The lowest BCUT2D eigenvalue weighted by molar-refractivity contribution is 0.112. The summed E-state index contributed by atoms with van der Waals surface area (Å²) >= 11 is 0. The van der Waals surface area contributed by atoms with Crippen molar-refractivity contribution in [3.8, 4) is 17.5 Å². The van der Waals surface area contributed by atoms with Gasteiger partial charge in [-0.3, -0.25) is 9.36 Å². The van der Waals surface area contributed by atoms with Crippen molar-refractivity contribution in [3.63, 3.8) is 0 Å². The van der Waals surface area contributed by atoms with Crippen LogP contribution in [-0.4, -0.2) is 27.7 Å². The lowest BCUT2D eigenvalue weighted by atomic mass is 10.2. The fraction of sp³-hybridized carbons (Fsp3) is 0.154. The van der Waals surface area contributed by atoms with E-state index in [0.29, 0.717) is 24.5 Å². The highest BCUT2D eigenvalue weighted by molar-refractivity contribution is 5.74. The van der Waals surface area contributed by atoms with Gasteiger partial charge in [-0.2, -0.15) is 0 Å². The molecule has 1 aromatic heterocycles. The molecule has 0 amide bonds. The number of aldehydes is 1. The zero-order chi connectivity index (χ0) is 13.0. The molecule has 0 spiro atoms. The molecule has 2 rings (SSSR count). The highest BCUT2D eigenvalue weighted by Crippen LogP contribution is 2.20. The predicted molar refractivity (Wildman–Crippen MR) is 65.1 cm³/mol. The lowest BCUT2D eigenvalue weighted by Gasteiger charge is -2.09. The van der Waals surface area contributed by atoms with Crippen LogP contribution in [-0.2, 0) is 6.54 Å². The minimum absolute atomic E-state index is 0.00703. The maximum atomic E-state index is 10.5. The first-order valence-electron chi connectivity index (χ1n) is 5.46. The highest BCUT2D eigenvalue weighted by Gasteiger charge is 2.05. The average molecular weight is 247 g/mol. The molecule has 2 N–H and O–H groups in total. The number of nitrogens with zero attached hydrogens (tertiary/aromatic N) is 1. The third kappa shape index (κ3) is 2.63. The number of hydrogen-bond donors (Lipinski definition) is 2. The third-order valence-corrected chi connectivity index (χ3v) is 2.53. The van der Waals surface area contributed by atoms with Crippen LogP contribution < -0.4 is 4.74 Å². The SMILES string of the molecule is O=Cc1ccc(OCCn2c(O)ccc2O)cc1. The Kier molecular flexibility index (Phi) is 3.52. The summed E-state index contributed by atoms with van der Waals surface area (Å²) in [5.41, 5.74) is 0.586. The summed E-state index contributed by atoms with van der Waals surface area (Å²) in [5, 5.41) is 18.8. The van der Waals surface area contributed by atoms with Crippen molar-refractivity contribution in [1.29, 1.82) is 0 Å². The van der Waals surface area contributed by atoms with Crippen LogP contribution in [0.2, 0.25) is 0 Å². The molecular weight excluding hydrogens is 234 g/mol. The Morgan fingerprint density at radius 3 is 2.22 bits per heavy atom. The van der Waals surface area contributed by atoms with Gasteiger partial charge in [-0.25, -0.2) is 0 Å². The fourth-order valence-electron chi connectivity index (χ4n) is 1.57. The Morgan fingerprint density at radius 1 is 1.06 bits per heavy atom. The Bertz CT molecular complexity index is 511. The van der Waals surface area contributed by atoms with Gasteiger partial charge in [0.05, 0.1) is 6.54 Å². The van der Waals surface area contributed by atoms with Crippen LogP contribution in [0.25, 0.3) is 0 Å². The highest BCUT2D eigenvalue weighted by atomic mass is 16.5. The first-order valence-corrected chi connectivity index (χ1v) is 5.46. The molecule has 1 heterocycles.